The normalized spacial score (nSPS) is 12.0. The van der Waals surface area contributed by atoms with Crippen molar-refractivity contribution in [3.63, 3.8) is 0 Å². The molecule has 28 heavy (non-hydrogen) atoms. The largest absolute Gasteiger partial charge is 0.467 e. The van der Waals surface area contributed by atoms with Crippen LogP contribution in [0, 0.1) is 11.3 Å². The highest BCUT2D eigenvalue weighted by Crippen LogP contribution is 2.29. The number of carbonyl (C=O) groups excluding carboxylic acids is 2. The Bertz CT molecular complexity index is 904. The van der Waals surface area contributed by atoms with Gasteiger partial charge in [0.05, 0.1) is 30.7 Å². The van der Waals surface area contributed by atoms with Crippen molar-refractivity contribution in [1.29, 1.82) is 5.26 Å². The number of benzene rings is 2. The van der Waals surface area contributed by atoms with E-state index in [-0.39, 0.29) is 18.4 Å². The lowest BCUT2D eigenvalue weighted by atomic mass is 10.0. The van der Waals surface area contributed by atoms with E-state index < -0.39 is 29.7 Å². The number of hydrogen-bond donors (Lipinski definition) is 1. The quantitative estimate of drug-likeness (QED) is 0.769. The first-order valence-electron chi connectivity index (χ1n) is 8.26. The van der Waals surface area contributed by atoms with E-state index in [1.165, 1.54) is 12.1 Å². The number of nitriles is 1. The Kier molecular flexibility index (Phi) is 6.77. The number of halogens is 3. The molecule has 1 N–H and O–H groups in total. The van der Waals surface area contributed by atoms with Gasteiger partial charge in [-0.3, -0.25) is 4.79 Å². The summed E-state index contributed by atoms with van der Waals surface area (Å²) in [7, 11) is 1.16. The van der Waals surface area contributed by atoms with Crippen molar-refractivity contribution in [2.24, 2.45) is 0 Å². The zero-order valence-electron chi connectivity index (χ0n) is 14.9. The van der Waals surface area contributed by atoms with Crippen LogP contribution in [-0.2, 0) is 33.3 Å². The van der Waals surface area contributed by atoms with Gasteiger partial charge in [0.15, 0.2) is 0 Å². The molecule has 0 aliphatic rings. The monoisotopic (exact) mass is 390 g/mol. The van der Waals surface area contributed by atoms with Crippen LogP contribution in [0.1, 0.15) is 22.3 Å². The Labute approximate surface area is 159 Å². The van der Waals surface area contributed by atoms with E-state index >= 15 is 0 Å². The van der Waals surface area contributed by atoms with Gasteiger partial charge in [-0.25, -0.2) is 4.79 Å². The predicted octanol–water partition coefficient (Wildman–Crippen LogP) is 3.02. The molecule has 0 spiro atoms. The Balaban J connectivity index is 2.13. The number of ether oxygens (including phenoxy) is 1. The maximum Gasteiger partial charge on any atom is 0.416 e. The average molecular weight is 390 g/mol. The van der Waals surface area contributed by atoms with Gasteiger partial charge in [0.25, 0.3) is 0 Å². The third kappa shape index (κ3) is 5.58. The van der Waals surface area contributed by atoms with Crippen molar-refractivity contribution in [3.05, 3.63) is 70.8 Å². The first kappa shape index (κ1) is 21.0. The highest BCUT2D eigenvalue weighted by Gasteiger charge is 2.30. The van der Waals surface area contributed by atoms with Crippen LogP contribution in [0.4, 0.5) is 13.2 Å². The topological polar surface area (TPSA) is 79.2 Å². The summed E-state index contributed by atoms with van der Waals surface area (Å²) in [6.07, 6.45) is -4.83. The van der Waals surface area contributed by atoms with Crippen molar-refractivity contribution in [2.45, 2.75) is 25.1 Å². The molecule has 146 valence electrons. The summed E-state index contributed by atoms with van der Waals surface area (Å²) >= 11 is 0. The summed E-state index contributed by atoms with van der Waals surface area (Å²) in [6, 6.07) is 11.9. The molecular weight excluding hydrogens is 373 g/mol. The van der Waals surface area contributed by atoms with Gasteiger partial charge in [-0.1, -0.05) is 36.4 Å². The molecule has 0 aromatic heterocycles. The summed E-state index contributed by atoms with van der Waals surface area (Å²) in [4.78, 5) is 24.3. The minimum atomic E-state index is -4.51. The van der Waals surface area contributed by atoms with Crippen LogP contribution in [0.25, 0.3) is 0 Å². The molecule has 1 atom stereocenters. The van der Waals surface area contributed by atoms with Crippen molar-refractivity contribution in [3.8, 4) is 6.07 Å². The first-order chi connectivity index (χ1) is 13.2. The van der Waals surface area contributed by atoms with Gasteiger partial charge in [-0.05, 0) is 23.3 Å². The molecule has 2 rings (SSSR count). The Morgan fingerprint density at radius 1 is 1.18 bits per heavy atom. The minimum Gasteiger partial charge on any atom is -0.467 e. The number of alkyl halides is 3. The van der Waals surface area contributed by atoms with Gasteiger partial charge in [0.1, 0.15) is 6.04 Å². The fourth-order valence-corrected chi connectivity index (χ4v) is 2.65. The molecule has 0 unspecified atom stereocenters. The van der Waals surface area contributed by atoms with Crippen LogP contribution in [-0.4, -0.2) is 25.0 Å². The van der Waals surface area contributed by atoms with Gasteiger partial charge in [0, 0.05) is 6.42 Å². The fourth-order valence-electron chi connectivity index (χ4n) is 2.65. The lowest BCUT2D eigenvalue weighted by molar-refractivity contribution is -0.145. The van der Waals surface area contributed by atoms with Crippen molar-refractivity contribution in [2.75, 3.05) is 7.11 Å². The van der Waals surface area contributed by atoms with Gasteiger partial charge < -0.3 is 10.1 Å². The molecule has 1 amide bonds. The number of nitrogens with zero attached hydrogens (tertiary/aromatic N) is 1. The van der Waals surface area contributed by atoms with E-state index in [2.05, 4.69) is 10.1 Å². The number of carbonyl (C=O) groups is 2. The van der Waals surface area contributed by atoms with E-state index in [1.807, 2.05) is 6.07 Å². The van der Waals surface area contributed by atoms with E-state index in [4.69, 9.17) is 5.26 Å². The van der Waals surface area contributed by atoms with Gasteiger partial charge in [-0.2, -0.15) is 18.4 Å². The average Bonchev–Trinajstić information content (AvgIpc) is 2.66. The predicted molar refractivity (Wildman–Crippen MR) is 94.0 cm³/mol. The van der Waals surface area contributed by atoms with Crippen LogP contribution in [0.2, 0.25) is 0 Å². The lowest BCUT2D eigenvalue weighted by Gasteiger charge is -2.17. The second kappa shape index (κ2) is 9.04. The zero-order valence-corrected chi connectivity index (χ0v) is 14.9. The van der Waals surface area contributed by atoms with Gasteiger partial charge >= 0.3 is 12.1 Å². The van der Waals surface area contributed by atoms with E-state index in [1.54, 1.807) is 24.3 Å². The lowest BCUT2D eigenvalue weighted by Crippen LogP contribution is -2.43. The molecule has 0 saturated carbocycles. The molecule has 0 radical (unpaired) electrons. The molecule has 5 nitrogen and oxygen atoms in total. The van der Waals surface area contributed by atoms with E-state index in [0.717, 1.165) is 19.2 Å². The zero-order chi connectivity index (χ0) is 20.7. The maximum atomic E-state index is 12.8. The number of nitrogens with one attached hydrogen (secondary N) is 1. The molecule has 0 bridgehead atoms. The first-order valence-corrected chi connectivity index (χ1v) is 8.26. The van der Waals surface area contributed by atoms with Crippen molar-refractivity contribution in [1.82, 2.24) is 5.32 Å². The van der Waals surface area contributed by atoms with Crippen LogP contribution in [0.5, 0.6) is 0 Å². The van der Waals surface area contributed by atoms with E-state index in [9.17, 15) is 22.8 Å². The molecule has 2 aromatic rings. The number of hydrogen-bond acceptors (Lipinski definition) is 4. The molecule has 0 fully saturated rings. The third-order valence-electron chi connectivity index (χ3n) is 4.00. The van der Waals surface area contributed by atoms with Crippen LogP contribution in [0.3, 0.4) is 0 Å². The molecular formula is C20H17F3N2O3. The van der Waals surface area contributed by atoms with Crippen LogP contribution in [0.15, 0.2) is 48.5 Å². The highest BCUT2D eigenvalue weighted by atomic mass is 19.4. The molecule has 8 heteroatoms. The van der Waals surface area contributed by atoms with Crippen molar-refractivity contribution >= 4 is 11.9 Å². The third-order valence-corrected chi connectivity index (χ3v) is 4.00. The fraction of sp³-hybridized carbons (Fsp3) is 0.250. The van der Waals surface area contributed by atoms with Crippen LogP contribution >= 0.6 is 0 Å². The number of esters is 1. The molecule has 0 saturated heterocycles. The maximum absolute atomic E-state index is 12.8. The second-order valence-corrected chi connectivity index (χ2v) is 5.99. The number of amides is 1. The molecule has 0 aliphatic heterocycles. The molecule has 0 aliphatic carbocycles. The second-order valence-electron chi connectivity index (χ2n) is 5.99. The molecule has 0 heterocycles. The summed E-state index contributed by atoms with van der Waals surface area (Å²) in [6.45, 7) is 0. The minimum absolute atomic E-state index is 0.0186. The van der Waals surface area contributed by atoms with E-state index in [0.29, 0.717) is 11.1 Å². The Morgan fingerprint density at radius 2 is 1.89 bits per heavy atom. The SMILES string of the molecule is COC(=O)[C@H](Cc1ccccc1C#N)NC(=O)Cc1cccc(C(F)(F)F)c1. The summed E-state index contributed by atoms with van der Waals surface area (Å²) in [5.41, 5.74) is 0.196. The molecule has 2 aromatic carbocycles. The number of methoxy groups -OCH3 is 1. The van der Waals surface area contributed by atoms with Crippen LogP contribution < -0.4 is 5.32 Å². The smallest absolute Gasteiger partial charge is 0.416 e. The summed E-state index contributed by atoms with van der Waals surface area (Å²) < 4.78 is 43.1. The van der Waals surface area contributed by atoms with Gasteiger partial charge in [-0.15, -0.1) is 0 Å². The Hall–Kier alpha value is -3.34. The number of rotatable bonds is 6. The standard InChI is InChI=1S/C20H17F3N2O3/c1-28-19(27)17(11-14-6-2-3-7-15(14)12-24)25-18(26)10-13-5-4-8-16(9-13)20(21,22)23/h2-9,17H,10-11H2,1H3,(H,25,26)/t17-/m0/s1. The van der Waals surface area contributed by atoms with Gasteiger partial charge in [0.2, 0.25) is 5.91 Å². The highest BCUT2D eigenvalue weighted by molar-refractivity contribution is 5.86. The summed E-state index contributed by atoms with van der Waals surface area (Å²) in [5.74, 6) is -1.35. The summed E-state index contributed by atoms with van der Waals surface area (Å²) in [5, 5.41) is 11.6. The van der Waals surface area contributed by atoms with Crippen molar-refractivity contribution < 1.29 is 27.5 Å². The Morgan fingerprint density at radius 3 is 2.54 bits per heavy atom.